The van der Waals surface area contributed by atoms with E-state index < -0.39 is 21.8 Å². The first-order valence-electron chi connectivity index (χ1n) is 13.4. The van der Waals surface area contributed by atoms with Crippen LogP contribution in [0.4, 0.5) is 13.2 Å². The van der Waals surface area contributed by atoms with Crippen molar-refractivity contribution in [3.8, 4) is 23.6 Å². The van der Waals surface area contributed by atoms with Crippen molar-refractivity contribution in [3.05, 3.63) is 82.4 Å². The summed E-state index contributed by atoms with van der Waals surface area (Å²) in [5.74, 6) is 0.530. The molecule has 1 N–H and O–H groups in total. The summed E-state index contributed by atoms with van der Waals surface area (Å²) < 4.78 is 79.7. The zero-order chi connectivity index (χ0) is 31.6. The molecule has 0 spiro atoms. The maximum atomic E-state index is 13.6. The van der Waals surface area contributed by atoms with Crippen LogP contribution in [0.15, 0.2) is 65.1 Å². The standard InChI is InChI=1S/C32H30F3N3O4S/c1-31(2,3)24-16-21-14-22(18-36)27(19-37)29(20-6-7-23(15-20)32(33,34)35)30(21)28(17-24)42-25-8-10-26(11-9-25)43(39,40)38-12-5-13-41-4/h7-11,14-17,38H,5-6,12-13H2,1-4H3. The van der Waals surface area contributed by atoms with E-state index >= 15 is 0 Å². The maximum absolute atomic E-state index is 13.6. The van der Waals surface area contributed by atoms with Crippen molar-refractivity contribution in [2.24, 2.45) is 0 Å². The van der Waals surface area contributed by atoms with E-state index in [2.05, 4.69) is 4.72 Å². The van der Waals surface area contributed by atoms with E-state index in [1.165, 1.54) is 37.4 Å². The molecule has 11 heteroatoms. The fourth-order valence-electron chi connectivity index (χ4n) is 4.76. The van der Waals surface area contributed by atoms with Gasteiger partial charge in [-0.2, -0.15) is 23.7 Å². The number of sulfonamides is 1. The van der Waals surface area contributed by atoms with Crippen molar-refractivity contribution in [1.82, 2.24) is 4.72 Å². The summed E-state index contributed by atoms with van der Waals surface area (Å²) in [5, 5.41) is 20.8. The van der Waals surface area contributed by atoms with E-state index in [4.69, 9.17) is 9.47 Å². The molecule has 3 aromatic carbocycles. The van der Waals surface area contributed by atoms with Gasteiger partial charge in [-0.3, -0.25) is 0 Å². The van der Waals surface area contributed by atoms with Gasteiger partial charge in [-0.05, 0) is 77.3 Å². The molecular formula is C32H30F3N3O4S. The molecule has 0 atom stereocenters. The molecule has 0 heterocycles. The number of ether oxygens (including phenoxy) is 2. The Labute approximate surface area is 248 Å². The zero-order valence-corrected chi connectivity index (χ0v) is 24.9. The molecule has 0 radical (unpaired) electrons. The first-order valence-corrected chi connectivity index (χ1v) is 14.9. The number of benzene rings is 3. The van der Waals surface area contributed by atoms with Crippen LogP contribution in [0.25, 0.3) is 16.3 Å². The first kappa shape index (κ1) is 31.8. The molecule has 0 saturated heterocycles. The minimum atomic E-state index is -4.57. The normalized spacial score (nSPS) is 13.8. The van der Waals surface area contributed by atoms with Gasteiger partial charge in [-0.15, -0.1) is 0 Å². The van der Waals surface area contributed by atoms with E-state index in [9.17, 15) is 32.1 Å². The number of halogens is 3. The lowest BCUT2D eigenvalue weighted by Gasteiger charge is -2.23. The molecule has 0 saturated carbocycles. The third kappa shape index (κ3) is 6.91. The number of hydrogen-bond donors (Lipinski definition) is 1. The lowest BCUT2D eigenvalue weighted by atomic mass is 9.83. The molecule has 0 amide bonds. The predicted molar refractivity (Wildman–Crippen MR) is 157 cm³/mol. The molecule has 1 aliphatic carbocycles. The number of fused-ring (bicyclic) bond motifs is 1. The SMILES string of the molecule is COCCCNS(=O)(=O)c1ccc(Oc2cc(C(C)(C)C)cc3cc(C#N)c(C#N)c(C4=CC(C(F)(F)F)=CC4)c23)cc1. The third-order valence-electron chi connectivity index (χ3n) is 7.00. The fourth-order valence-corrected chi connectivity index (χ4v) is 5.84. The van der Waals surface area contributed by atoms with Gasteiger partial charge in [0, 0.05) is 31.2 Å². The highest BCUT2D eigenvalue weighted by atomic mass is 32.2. The number of nitrogens with zero attached hydrogens (tertiary/aromatic N) is 2. The van der Waals surface area contributed by atoms with E-state index in [0.717, 1.165) is 17.7 Å². The van der Waals surface area contributed by atoms with Gasteiger partial charge < -0.3 is 9.47 Å². The van der Waals surface area contributed by atoms with E-state index in [0.29, 0.717) is 23.8 Å². The van der Waals surface area contributed by atoms with E-state index in [1.807, 2.05) is 39.0 Å². The van der Waals surface area contributed by atoms with Gasteiger partial charge in [0.2, 0.25) is 10.0 Å². The second-order valence-corrected chi connectivity index (χ2v) is 12.8. The highest BCUT2D eigenvalue weighted by Crippen LogP contribution is 2.45. The third-order valence-corrected chi connectivity index (χ3v) is 8.48. The molecule has 3 aromatic rings. The zero-order valence-electron chi connectivity index (χ0n) is 24.1. The molecule has 0 bridgehead atoms. The molecule has 0 aromatic heterocycles. The van der Waals surface area contributed by atoms with Gasteiger partial charge in [0.25, 0.3) is 0 Å². The maximum Gasteiger partial charge on any atom is 0.416 e. The van der Waals surface area contributed by atoms with Crippen molar-refractivity contribution >= 4 is 26.4 Å². The van der Waals surface area contributed by atoms with E-state index in [1.54, 1.807) is 6.07 Å². The fraction of sp³-hybridized carbons (Fsp3) is 0.312. The Morgan fingerprint density at radius 1 is 1.02 bits per heavy atom. The van der Waals surface area contributed by atoms with Crippen molar-refractivity contribution in [2.45, 2.75) is 50.1 Å². The number of nitrogens with one attached hydrogen (secondary N) is 1. The summed E-state index contributed by atoms with van der Waals surface area (Å²) in [6.45, 7) is 6.55. The van der Waals surface area contributed by atoms with Crippen molar-refractivity contribution in [3.63, 3.8) is 0 Å². The molecule has 4 rings (SSSR count). The molecule has 1 aliphatic rings. The molecule has 0 unspecified atom stereocenters. The van der Waals surface area contributed by atoms with Gasteiger partial charge in [-0.1, -0.05) is 32.9 Å². The average molecular weight is 610 g/mol. The molecule has 7 nitrogen and oxygen atoms in total. The van der Waals surface area contributed by atoms with Crippen LogP contribution in [0.2, 0.25) is 0 Å². The lowest BCUT2D eigenvalue weighted by molar-refractivity contribution is -0.0880. The van der Waals surface area contributed by atoms with Crippen LogP contribution in [0, 0.1) is 22.7 Å². The first-order chi connectivity index (χ1) is 20.2. The van der Waals surface area contributed by atoms with Gasteiger partial charge in [0.15, 0.2) is 0 Å². The Morgan fingerprint density at radius 2 is 1.72 bits per heavy atom. The predicted octanol–water partition coefficient (Wildman–Crippen LogP) is 7.26. The van der Waals surface area contributed by atoms with E-state index in [-0.39, 0.29) is 57.0 Å². The highest BCUT2D eigenvalue weighted by molar-refractivity contribution is 7.89. The smallest absolute Gasteiger partial charge is 0.416 e. The number of hydrogen-bond acceptors (Lipinski definition) is 6. The second kappa shape index (κ2) is 12.2. The van der Waals surface area contributed by atoms with Crippen LogP contribution < -0.4 is 9.46 Å². The molecule has 43 heavy (non-hydrogen) atoms. The Morgan fingerprint density at radius 3 is 2.28 bits per heavy atom. The molecular weight excluding hydrogens is 579 g/mol. The summed E-state index contributed by atoms with van der Waals surface area (Å²) >= 11 is 0. The van der Waals surface area contributed by atoms with Gasteiger partial charge in [0.1, 0.15) is 23.6 Å². The largest absolute Gasteiger partial charge is 0.457 e. The molecule has 224 valence electrons. The van der Waals surface area contributed by atoms with Crippen LogP contribution in [-0.2, 0) is 20.2 Å². The number of nitriles is 2. The van der Waals surface area contributed by atoms with Crippen molar-refractivity contribution in [1.29, 1.82) is 10.5 Å². The summed E-state index contributed by atoms with van der Waals surface area (Å²) in [6.07, 6.45) is -2.11. The minimum absolute atomic E-state index is 0.0264. The average Bonchev–Trinajstić information content (AvgIpc) is 3.45. The lowest BCUT2D eigenvalue weighted by Crippen LogP contribution is -2.25. The number of alkyl halides is 3. The van der Waals surface area contributed by atoms with Crippen molar-refractivity contribution in [2.75, 3.05) is 20.3 Å². The van der Waals surface area contributed by atoms with Crippen LogP contribution in [0.1, 0.15) is 55.9 Å². The van der Waals surface area contributed by atoms with Gasteiger partial charge >= 0.3 is 6.18 Å². The van der Waals surface area contributed by atoms with Crippen LogP contribution in [0.3, 0.4) is 0 Å². The number of allylic oxidation sites excluding steroid dienone is 4. The summed E-state index contributed by atoms with van der Waals surface area (Å²) in [6, 6.07) is 14.9. The Balaban J connectivity index is 1.87. The monoisotopic (exact) mass is 609 g/mol. The second-order valence-electron chi connectivity index (χ2n) is 11.1. The summed E-state index contributed by atoms with van der Waals surface area (Å²) in [7, 11) is -2.25. The summed E-state index contributed by atoms with van der Waals surface area (Å²) in [4.78, 5) is 0.0264. The van der Waals surface area contributed by atoms with Crippen molar-refractivity contribution < 1.29 is 31.1 Å². The quantitative estimate of drug-likeness (QED) is 0.256. The topological polar surface area (TPSA) is 112 Å². The van der Waals surface area contributed by atoms with Crippen LogP contribution in [-0.4, -0.2) is 34.9 Å². The number of methoxy groups -OCH3 is 1. The Hall–Kier alpha value is -4.16. The Bertz CT molecular complexity index is 1810. The summed E-state index contributed by atoms with van der Waals surface area (Å²) in [5.41, 5.74) is 0.0366. The van der Waals surface area contributed by atoms with Gasteiger partial charge in [-0.25, -0.2) is 13.1 Å². The van der Waals surface area contributed by atoms with Crippen LogP contribution >= 0.6 is 0 Å². The highest BCUT2D eigenvalue weighted by Gasteiger charge is 2.35. The van der Waals surface area contributed by atoms with Crippen LogP contribution in [0.5, 0.6) is 11.5 Å². The van der Waals surface area contributed by atoms with Gasteiger partial charge in [0.05, 0.1) is 21.6 Å². The Kier molecular flexibility index (Phi) is 9.02. The molecule has 0 fully saturated rings. The molecule has 0 aliphatic heterocycles. The number of rotatable bonds is 9. The minimum Gasteiger partial charge on any atom is -0.457 e.